The van der Waals surface area contributed by atoms with Crippen LogP contribution in [0.25, 0.3) is 11.0 Å². The van der Waals surface area contributed by atoms with Gasteiger partial charge in [-0.3, -0.25) is 4.79 Å². The molecule has 1 aromatic heterocycles. The molecule has 0 amide bonds. The second-order valence-corrected chi connectivity index (χ2v) is 8.35. The highest BCUT2D eigenvalue weighted by molar-refractivity contribution is 7.99. The van der Waals surface area contributed by atoms with Crippen LogP contribution in [0.4, 0.5) is 0 Å². The number of hydrogen-bond donors (Lipinski definition) is 0. The molecule has 0 bridgehead atoms. The van der Waals surface area contributed by atoms with Crippen molar-refractivity contribution < 1.29 is 9.53 Å². The molecule has 5 heteroatoms. The Morgan fingerprint density at radius 1 is 0.933 bits per heavy atom. The highest BCUT2D eigenvalue weighted by Crippen LogP contribution is 2.26. The fourth-order valence-corrected chi connectivity index (χ4v) is 4.12. The maximum absolute atomic E-state index is 12.4. The molecule has 0 unspecified atom stereocenters. The molecular weight excluding hydrogens is 392 g/mol. The van der Waals surface area contributed by atoms with E-state index in [0.29, 0.717) is 12.3 Å². The fraction of sp³-hybridized carbons (Fsp3) is 0.200. The van der Waals surface area contributed by atoms with E-state index < -0.39 is 0 Å². The first-order valence-corrected chi connectivity index (χ1v) is 10.9. The van der Waals surface area contributed by atoms with Crippen LogP contribution in [0.2, 0.25) is 0 Å². The van der Waals surface area contributed by atoms with Crippen molar-refractivity contribution in [1.82, 2.24) is 9.55 Å². The van der Waals surface area contributed by atoms with Crippen molar-refractivity contribution in [2.45, 2.75) is 32.5 Å². The zero-order chi connectivity index (χ0) is 21.1. The molecule has 0 saturated carbocycles. The van der Waals surface area contributed by atoms with Crippen molar-refractivity contribution in [1.29, 1.82) is 0 Å². The molecule has 0 spiro atoms. The monoisotopic (exact) mass is 416 g/mol. The van der Waals surface area contributed by atoms with Gasteiger partial charge in [-0.05, 0) is 67.3 Å². The summed E-state index contributed by atoms with van der Waals surface area (Å²) < 4.78 is 7.70. The minimum absolute atomic E-state index is 0.198. The lowest BCUT2D eigenvalue weighted by molar-refractivity contribution is -0.131. The number of thioether (sulfide) groups is 1. The summed E-state index contributed by atoms with van der Waals surface area (Å²) in [7, 11) is 0. The van der Waals surface area contributed by atoms with Crippen LogP contribution >= 0.6 is 11.8 Å². The van der Waals surface area contributed by atoms with Crippen LogP contribution in [-0.2, 0) is 11.3 Å². The van der Waals surface area contributed by atoms with Gasteiger partial charge in [0.2, 0.25) is 0 Å². The average molecular weight is 417 g/mol. The first-order chi connectivity index (χ1) is 14.5. The van der Waals surface area contributed by atoms with E-state index in [-0.39, 0.29) is 11.7 Å². The van der Waals surface area contributed by atoms with Crippen molar-refractivity contribution in [2.24, 2.45) is 0 Å². The molecule has 4 nitrogen and oxygen atoms in total. The van der Waals surface area contributed by atoms with Gasteiger partial charge < -0.3 is 9.30 Å². The molecule has 0 N–H and O–H groups in total. The number of fused-ring (bicyclic) bond motifs is 1. The molecule has 4 rings (SSSR count). The van der Waals surface area contributed by atoms with E-state index in [2.05, 4.69) is 35.8 Å². The van der Waals surface area contributed by atoms with Crippen molar-refractivity contribution in [3.63, 3.8) is 0 Å². The molecule has 0 saturated heterocycles. The molecule has 0 fully saturated rings. The summed E-state index contributed by atoms with van der Waals surface area (Å²) in [4.78, 5) is 17.2. The summed E-state index contributed by atoms with van der Waals surface area (Å²) >= 11 is 1.41. The summed E-state index contributed by atoms with van der Waals surface area (Å²) in [6.45, 7) is 6.87. The Bertz CT molecular complexity index is 1210. The van der Waals surface area contributed by atoms with Gasteiger partial charge in [0.1, 0.15) is 5.75 Å². The Morgan fingerprint density at radius 2 is 1.70 bits per heavy atom. The second kappa shape index (κ2) is 8.76. The standard InChI is InChI=1S/C25H24N2O2S/c1-17-12-13-21(14-19(17)3)29-24(28)16-30-25-26-22-10-6-7-11-23(22)27(25)15-20-9-5-4-8-18(20)2/h4-14H,15-16H2,1-3H3. The molecule has 0 aliphatic rings. The molecule has 0 radical (unpaired) electrons. The summed E-state index contributed by atoms with van der Waals surface area (Å²) in [5, 5.41) is 0.816. The van der Waals surface area contributed by atoms with Crippen LogP contribution in [0.15, 0.2) is 71.9 Å². The number of nitrogens with zero attached hydrogens (tertiary/aromatic N) is 2. The van der Waals surface area contributed by atoms with E-state index in [9.17, 15) is 4.79 Å². The molecule has 30 heavy (non-hydrogen) atoms. The van der Waals surface area contributed by atoms with E-state index in [1.165, 1.54) is 28.5 Å². The van der Waals surface area contributed by atoms with Crippen LogP contribution in [0.3, 0.4) is 0 Å². The highest BCUT2D eigenvalue weighted by atomic mass is 32.2. The van der Waals surface area contributed by atoms with Crippen molar-refractivity contribution >= 4 is 28.8 Å². The van der Waals surface area contributed by atoms with Crippen molar-refractivity contribution in [3.8, 4) is 5.75 Å². The van der Waals surface area contributed by atoms with Crippen LogP contribution in [0.1, 0.15) is 22.3 Å². The molecule has 0 aliphatic heterocycles. The van der Waals surface area contributed by atoms with Gasteiger partial charge in [-0.2, -0.15) is 0 Å². The third-order valence-corrected chi connectivity index (χ3v) is 6.19. The fourth-order valence-electron chi connectivity index (χ4n) is 3.34. The second-order valence-electron chi connectivity index (χ2n) is 7.40. The number of carbonyl (C=O) groups excluding carboxylic acids is 1. The largest absolute Gasteiger partial charge is 0.426 e. The Balaban J connectivity index is 1.54. The molecule has 0 aliphatic carbocycles. The zero-order valence-electron chi connectivity index (χ0n) is 17.4. The Labute approximate surface area is 180 Å². The highest BCUT2D eigenvalue weighted by Gasteiger charge is 2.15. The molecule has 1 heterocycles. The summed E-state index contributed by atoms with van der Waals surface area (Å²) in [6.07, 6.45) is 0. The number of hydrogen-bond acceptors (Lipinski definition) is 4. The van der Waals surface area contributed by atoms with Gasteiger partial charge in [-0.1, -0.05) is 54.2 Å². The molecule has 152 valence electrons. The minimum Gasteiger partial charge on any atom is -0.426 e. The number of aromatic nitrogens is 2. The molecule has 4 aromatic rings. The van der Waals surface area contributed by atoms with Crippen LogP contribution < -0.4 is 4.74 Å². The lowest BCUT2D eigenvalue weighted by Gasteiger charge is -2.11. The molecule has 0 atom stereocenters. The Morgan fingerprint density at radius 3 is 2.50 bits per heavy atom. The Hall–Kier alpha value is -3.05. The predicted molar refractivity (Wildman–Crippen MR) is 122 cm³/mol. The SMILES string of the molecule is Cc1ccc(OC(=O)CSc2nc3ccccc3n2Cc2ccccc2C)cc1C. The topological polar surface area (TPSA) is 44.1 Å². The number of aryl methyl sites for hydroxylation is 3. The average Bonchev–Trinajstić information content (AvgIpc) is 3.08. The number of ether oxygens (including phenoxy) is 1. The van der Waals surface area contributed by atoms with Gasteiger partial charge in [-0.25, -0.2) is 4.98 Å². The van der Waals surface area contributed by atoms with E-state index in [4.69, 9.17) is 9.72 Å². The van der Waals surface area contributed by atoms with E-state index in [0.717, 1.165) is 21.8 Å². The quantitative estimate of drug-likeness (QED) is 0.229. The number of esters is 1. The lowest BCUT2D eigenvalue weighted by Crippen LogP contribution is -2.12. The first kappa shape index (κ1) is 20.2. The molecular formula is C25H24N2O2S. The van der Waals surface area contributed by atoms with Gasteiger partial charge >= 0.3 is 5.97 Å². The van der Waals surface area contributed by atoms with Crippen LogP contribution in [-0.4, -0.2) is 21.3 Å². The third-order valence-electron chi connectivity index (χ3n) is 5.24. The van der Waals surface area contributed by atoms with Gasteiger partial charge in [0.05, 0.1) is 23.3 Å². The minimum atomic E-state index is -0.280. The smallest absolute Gasteiger partial charge is 0.321 e. The van der Waals surface area contributed by atoms with Crippen molar-refractivity contribution in [2.75, 3.05) is 5.75 Å². The maximum Gasteiger partial charge on any atom is 0.321 e. The number of carbonyl (C=O) groups is 1. The lowest BCUT2D eigenvalue weighted by atomic mass is 10.1. The summed E-state index contributed by atoms with van der Waals surface area (Å²) in [5.74, 6) is 0.499. The van der Waals surface area contributed by atoms with Gasteiger partial charge in [-0.15, -0.1) is 0 Å². The maximum atomic E-state index is 12.4. The van der Waals surface area contributed by atoms with E-state index in [1.54, 1.807) is 0 Å². The number of para-hydroxylation sites is 2. The predicted octanol–water partition coefficient (Wildman–Crippen LogP) is 5.71. The van der Waals surface area contributed by atoms with E-state index in [1.807, 2.05) is 56.3 Å². The van der Waals surface area contributed by atoms with Crippen molar-refractivity contribution in [3.05, 3.63) is 89.0 Å². The van der Waals surface area contributed by atoms with Crippen LogP contribution in [0, 0.1) is 20.8 Å². The zero-order valence-corrected chi connectivity index (χ0v) is 18.2. The molecule has 3 aromatic carbocycles. The summed E-state index contributed by atoms with van der Waals surface area (Å²) in [5.41, 5.74) is 6.74. The number of rotatable bonds is 6. The normalized spacial score (nSPS) is 11.0. The number of imidazole rings is 1. The third kappa shape index (κ3) is 4.41. The number of benzene rings is 3. The first-order valence-electron chi connectivity index (χ1n) is 9.92. The summed E-state index contributed by atoms with van der Waals surface area (Å²) in [6, 6.07) is 22.1. The van der Waals surface area contributed by atoms with E-state index >= 15 is 0 Å². The van der Waals surface area contributed by atoms with Crippen LogP contribution in [0.5, 0.6) is 5.75 Å². The van der Waals surface area contributed by atoms with Gasteiger partial charge in [0, 0.05) is 0 Å². The Kier molecular flexibility index (Phi) is 5.91. The van der Waals surface area contributed by atoms with Gasteiger partial charge in [0.25, 0.3) is 0 Å². The van der Waals surface area contributed by atoms with Gasteiger partial charge in [0.15, 0.2) is 5.16 Å².